The van der Waals surface area contributed by atoms with Crippen LogP contribution in [0.3, 0.4) is 0 Å². The molecule has 0 radical (unpaired) electrons. The summed E-state index contributed by atoms with van der Waals surface area (Å²) >= 11 is 3.41. The first-order valence-electron chi connectivity index (χ1n) is 6.61. The van der Waals surface area contributed by atoms with E-state index >= 15 is 0 Å². The Morgan fingerprint density at radius 1 is 1.05 bits per heavy atom. The molecule has 2 nitrogen and oxygen atoms in total. The largest absolute Gasteiger partial charge is 0.507 e. The molecule has 2 aromatic carbocycles. The molecule has 0 aliphatic heterocycles. The summed E-state index contributed by atoms with van der Waals surface area (Å²) in [4.78, 5) is 0. The first-order valence-corrected chi connectivity index (χ1v) is 7.41. The van der Waals surface area contributed by atoms with E-state index in [0.717, 1.165) is 32.3 Å². The van der Waals surface area contributed by atoms with E-state index in [4.69, 9.17) is 0 Å². The molecule has 0 spiro atoms. The summed E-state index contributed by atoms with van der Waals surface area (Å²) in [6, 6.07) is 9.90. The zero-order valence-electron chi connectivity index (χ0n) is 11.9. The average molecular weight is 335 g/mol. The van der Waals surface area contributed by atoms with Gasteiger partial charge in [0, 0.05) is 16.0 Å². The van der Waals surface area contributed by atoms with Gasteiger partial charge in [-0.2, -0.15) is 0 Å². The van der Waals surface area contributed by atoms with Crippen LogP contribution in [0.25, 0.3) is 0 Å². The number of aromatic hydroxyl groups is 1. The molecule has 0 bridgehead atoms. The van der Waals surface area contributed by atoms with Crippen molar-refractivity contribution in [2.45, 2.75) is 26.7 Å². The predicted molar refractivity (Wildman–Crippen MR) is 85.4 cm³/mol. The maximum atomic E-state index is 10.5. The summed E-state index contributed by atoms with van der Waals surface area (Å²) in [5, 5.41) is 20.2. The molecular weight excluding hydrogens is 316 g/mol. The second kappa shape index (κ2) is 5.98. The summed E-state index contributed by atoms with van der Waals surface area (Å²) in [5.41, 5.74) is 4.76. The van der Waals surface area contributed by atoms with Gasteiger partial charge in [0.1, 0.15) is 5.75 Å². The van der Waals surface area contributed by atoms with E-state index in [-0.39, 0.29) is 12.5 Å². The number of hydrogen-bond acceptors (Lipinski definition) is 2. The Morgan fingerprint density at radius 2 is 1.65 bits per heavy atom. The molecular formula is C17H19BrO2. The van der Waals surface area contributed by atoms with Crippen LogP contribution in [0.4, 0.5) is 0 Å². The molecule has 0 fully saturated rings. The van der Waals surface area contributed by atoms with Crippen LogP contribution >= 0.6 is 15.9 Å². The molecule has 0 saturated heterocycles. The SMILES string of the molecule is Cc1cc(C)c(C(CO)c2ccc(Br)cc2)c(O)c1C. The lowest BCUT2D eigenvalue weighted by Gasteiger charge is -2.21. The zero-order valence-corrected chi connectivity index (χ0v) is 13.5. The molecule has 0 amide bonds. The number of aliphatic hydroxyl groups is 1. The van der Waals surface area contributed by atoms with Crippen molar-refractivity contribution in [3.63, 3.8) is 0 Å². The van der Waals surface area contributed by atoms with E-state index in [2.05, 4.69) is 22.0 Å². The summed E-state index contributed by atoms with van der Waals surface area (Å²) in [6.07, 6.45) is 0. The summed E-state index contributed by atoms with van der Waals surface area (Å²) < 4.78 is 0.999. The third-order valence-corrected chi connectivity index (χ3v) is 4.39. The van der Waals surface area contributed by atoms with Gasteiger partial charge in [-0.1, -0.05) is 34.1 Å². The van der Waals surface area contributed by atoms with Crippen LogP contribution in [0.5, 0.6) is 5.75 Å². The molecule has 0 aliphatic carbocycles. The molecule has 3 heteroatoms. The standard InChI is InChI=1S/C17H19BrO2/c1-10-8-11(2)16(17(20)12(10)3)15(9-19)13-4-6-14(18)7-5-13/h4-8,15,19-20H,9H2,1-3H3. The molecule has 106 valence electrons. The van der Waals surface area contributed by atoms with Crippen molar-refractivity contribution in [1.82, 2.24) is 0 Å². The van der Waals surface area contributed by atoms with E-state index in [1.165, 1.54) is 0 Å². The van der Waals surface area contributed by atoms with Crippen LogP contribution in [-0.2, 0) is 0 Å². The quantitative estimate of drug-likeness (QED) is 0.882. The highest BCUT2D eigenvalue weighted by Gasteiger charge is 2.21. The molecule has 20 heavy (non-hydrogen) atoms. The summed E-state index contributed by atoms with van der Waals surface area (Å²) in [7, 11) is 0. The Morgan fingerprint density at radius 3 is 2.20 bits per heavy atom. The van der Waals surface area contributed by atoms with Crippen LogP contribution in [0.2, 0.25) is 0 Å². The third-order valence-electron chi connectivity index (χ3n) is 3.86. The van der Waals surface area contributed by atoms with Crippen LogP contribution in [0.15, 0.2) is 34.8 Å². The Balaban J connectivity index is 2.58. The highest BCUT2D eigenvalue weighted by molar-refractivity contribution is 9.10. The number of hydrogen-bond donors (Lipinski definition) is 2. The van der Waals surface area contributed by atoms with Gasteiger partial charge in [-0.05, 0) is 55.2 Å². The van der Waals surface area contributed by atoms with Crippen LogP contribution < -0.4 is 0 Å². The van der Waals surface area contributed by atoms with Gasteiger partial charge in [0.2, 0.25) is 0 Å². The smallest absolute Gasteiger partial charge is 0.122 e. The van der Waals surface area contributed by atoms with Gasteiger partial charge in [0.05, 0.1) is 6.61 Å². The predicted octanol–water partition coefficient (Wildman–Crippen LogP) is 4.20. The molecule has 1 unspecified atom stereocenters. The van der Waals surface area contributed by atoms with Crippen molar-refractivity contribution >= 4 is 15.9 Å². The zero-order chi connectivity index (χ0) is 14.9. The second-order valence-corrected chi connectivity index (χ2v) is 6.10. The fourth-order valence-electron chi connectivity index (χ4n) is 2.58. The van der Waals surface area contributed by atoms with Gasteiger partial charge in [-0.25, -0.2) is 0 Å². The van der Waals surface area contributed by atoms with Crippen molar-refractivity contribution in [2.75, 3.05) is 6.61 Å². The maximum absolute atomic E-state index is 10.5. The van der Waals surface area contributed by atoms with Crippen LogP contribution in [0.1, 0.15) is 33.7 Å². The molecule has 1 atom stereocenters. The van der Waals surface area contributed by atoms with Crippen molar-refractivity contribution < 1.29 is 10.2 Å². The Hall–Kier alpha value is -1.32. The van der Waals surface area contributed by atoms with Gasteiger partial charge in [-0.15, -0.1) is 0 Å². The Labute approximate surface area is 128 Å². The number of phenolic OH excluding ortho intramolecular Hbond substituents is 1. The fraction of sp³-hybridized carbons (Fsp3) is 0.294. The normalized spacial score (nSPS) is 12.4. The van der Waals surface area contributed by atoms with E-state index in [9.17, 15) is 10.2 Å². The summed E-state index contributed by atoms with van der Waals surface area (Å²) in [6.45, 7) is 5.84. The molecule has 0 saturated carbocycles. The lowest BCUT2D eigenvalue weighted by Crippen LogP contribution is -2.09. The number of phenols is 1. The molecule has 2 rings (SSSR count). The van der Waals surface area contributed by atoms with E-state index < -0.39 is 0 Å². The highest BCUT2D eigenvalue weighted by Crippen LogP contribution is 2.37. The maximum Gasteiger partial charge on any atom is 0.122 e. The number of aliphatic hydroxyl groups excluding tert-OH is 1. The topological polar surface area (TPSA) is 40.5 Å². The third kappa shape index (κ3) is 2.74. The monoisotopic (exact) mass is 334 g/mol. The molecule has 0 heterocycles. The Bertz CT molecular complexity index is 618. The first-order chi connectivity index (χ1) is 9.45. The van der Waals surface area contributed by atoms with Gasteiger partial charge < -0.3 is 10.2 Å². The van der Waals surface area contributed by atoms with Gasteiger partial charge in [0.15, 0.2) is 0 Å². The van der Waals surface area contributed by atoms with Crippen molar-refractivity contribution in [3.05, 3.63) is 62.6 Å². The average Bonchev–Trinajstić information content (AvgIpc) is 2.42. The minimum atomic E-state index is -0.206. The highest BCUT2D eigenvalue weighted by atomic mass is 79.9. The fourth-order valence-corrected chi connectivity index (χ4v) is 2.85. The summed E-state index contributed by atoms with van der Waals surface area (Å²) in [5.74, 6) is 0.0897. The Kier molecular flexibility index (Phi) is 4.51. The van der Waals surface area contributed by atoms with Crippen molar-refractivity contribution in [3.8, 4) is 5.75 Å². The lowest BCUT2D eigenvalue weighted by atomic mass is 9.86. The molecule has 0 aromatic heterocycles. The molecule has 0 aliphatic rings. The van der Waals surface area contributed by atoms with Gasteiger partial charge in [0.25, 0.3) is 0 Å². The van der Waals surface area contributed by atoms with Crippen molar-refractivity contribution in [1.29, 1.82) is 0 Å². The number of rotatable bonds is 3. The number of aryl methyl sites for hydroxylation is 2. The van der Waals surface area contributed by atoms with Crippen LogP contribution in [-0.4, -0.2) is 16.8 Å². The minimum Gasteiger partial charge on any atom is -0.507 e. The lowest BCUT2D eigenvalue weighted by molar-refractivity contribution is 0.277. The minimum absolute atomic E-state index is 0.0292. The van der Waals surface area contributed by atoms with E-state index in [1.54, 1.807) is 0 Å². The van der Waals surface area contributed by atoms with Crippen LogP contribution in [0, 0.1) is 20.8 Å². The van der Waals surface area contributed by atoms with E-state index in [0.29, 0.717) is 5.75 Å². The molecule has 2 N–H and O–H groups in total. The van der Waals surface area contributed by atoms with Gasteiger partial charge >= 0.3 is 0 Å². The number of benzene rings is 2. The molecule has 2 aromatic rings. The van der Waals surface area contributed by atoms with Gasteiger partial charge in [-0.3, -0.25) is 0 Å². The second-order valence-electron chi connectivity index (χ2n) is 5.18. The van der Waals surface area contributed by atoms with E-state index in [1.807, 2.05) is 45.0 Å². The number of halogens is 1. The van der Waals surface area contributed by atoms with Crippen molar-refractivity contribution in [2.24, 2.45) is 0 Å². The first kappa shape index (κ1) is 15.1.